The van der Waals surface area contributed by atoms with E-state index >= 15 is 0 Å². The molecule has 1 rings (SSSR count). The zero-order valence-electron chi connectivity index (χ0n) is 3.81. The van der Waals surface area contributed by atoms with Crippen LogP contribution in [0.3, 0.4) is 0 Å². The lowest BCUT2D eigenvalue weighted by Gasteiger charge is -1.78. The number of hydrogen-bond acceptors (Lipinski definition) is 2. The van der Waals surface area contributed by atoms with Crippen molar-refractivity contribution < 1.29 is 4.74 Å². The SMILES string of the molecule is CC1OC1(Br)C#N. The molecule has 0 aromatic carbocycles. The van der Waals surface area contributed by atoms with Crippen molar-refractivity contribution >= 4 is 15.9 Å². The van der Waals surface area contributed by atoms with Crippen LogP contribution in [0.2, 0.25) is 0 Å². The van der Waals surface area contributed by atoms with Gasteiger partial charge in [0.25, 0.3) is 0 Å². The predicted octanol–water partition coefficient (Wildman–Crippen LogP) is 1.02. The van der Waals surface area contributed by atoms with E-state index in [1.807, 2.05) is 13.0 Å². The van der Waals surface area contributed by atoms with Crippen molar-refractivity contribution in [3.63, 3.8) is 0 Å². The van der Waals surface area contributed by atoms with Gasteiger partial charge < -0.3 is 4.74 Å². The van der Waals surface area contributed by atoms with Crippen molar-refractivity contribution in [1.82, 2.24) is 0 Å². The molecule has 0 aromatic heterocycles. The Bertz CT molecular complexity index is 130. The zero-order valence-corrected chi connectivity index (χ0v) is 5.40. The van der Waals surface area contributed by atoms with Crippen molar-refractivity contribution in [2.75, 3.05) is 0 Å². The summed E-state index contributed by atoms with van der Waals surface area (Å²) in [5.74, 6) is 0. The van der Waals surface area contributed by atoms with Gasteiger partial charge in [-0.3, -0.25) is 0 Å². The topological polar surface area (TPSA) is 36.3 Å². The summed E-state index contributed by atoms with van der Waals surface area (Å²) in [6, 6.07) is 1.96. The summed E-state index contributed by atoms with van der Waals surface area (Å²) >= 11 is 3.07. The van der Waals surface area contributed by atoms with Crippen molar-refractivity contribution in [3.05, 3.63) is 0 Å². The number of epoxide rings is 1. The second-order valence-corrected chi connectivity index (χ2v) is 2.69. The Hall–Kier alpha value is -0.0700. The van der Waals surface area contributed by atoms with Crippen LogP contribution in [0.1, 0.15) is 6.92 Å². The molecule has 7 heavy (non-hydrogen) atoms. The fourth-order valence-electron chi connectivity index (χ4n) is 0.340. The minimum atomic E-state index is -0.632. The average molecular weight is 162 g/mol. The van der Waals surface area contributed by atoms with E-state index in [0.717, 1.165) is 0 Å². The normalized spacial score (nSPS) is 47.9. The van der Waals surface area contributed by atoms with Gasteiger partial charge in [0.05, 0.1) is 0 Å². The highest BCUT2D eigenvalue weighted by Crippen LogP contribution is 2.41. The molecule has 3 heteroatoms. The summed E-state index contributed by atoms with van der Waals surface area (Å²) < 4.78 is 4.18. The monoisotopic (exact) mass is 161 g/mol. The molecule has 2 atom stereocenters. The first kappa shape index (κ1) is 5.07. The number of nitriles is 1. The molecule has 0 radical (unpaired) electrons. The van der Waals surface area contributed by atoms with E-state index in [2.05, 4.69) is 15.9 Å². The first-order valence-electron chi connectivity index (χ1n) is 1.97. The molecule has 0 amide bonds. The fourth-order valence-corrected chi connectivity index (χ4v) is 0.621. The minimum Gasteiger partial charge on any atom is -0.340 e. The van der Waals surface area contributed by atoms with E-state index in [1.54, 1.807) is 0 Å². The maximum absolute atomic E-state index is 8.21. The first-order chi connectivity index (χ1) is 3.19. The van der Waals surface area contributed by atoms with E-state index in [-0.39, 0.29) is 6.10 Å². The zero-order chi connectivity index (χ0) is 5.49. The third-order valence-electron chi connectivity index (χ3n) is 0.966. The number of halogens is 1. The lowest BCUT2D eigenvalue weighted by Crippen LogP contribution is -1.95. The van der Waals surface area contributed by atoms with Crippen molar-refractivity contribution in [2.45, 2.75) is 17.5 Å². The van der Waals surface area contributed by atoms with Crippen LogP contribution in [-0.4, -0.2) is 10.6 Å². The molecule has 2 nitrogen and oxygen atoms in total. The predicted molar refractivity (Wildman–Crippen MR) is 27.8 cm³/mol. The molecule has 38 valence electrons. The highest BCUT2D eigenvalue weighted by molar-refractivity contribution is 9.10. The molecule has 0 bridgehead atoms. The van der Waals surface area contributed by atoms with Gasteiger partial charge in [-0.1, -0.05) is 0 Å². The van der Waals surface area contributed by atoms with Gasteiger partial charge in [-0.05, 0) is 22.9 Å². The lowest BCUT2D eigenvalue weighted by molar-refractivity contribution is 0.393. The van der Waals surface area contributed by atoms with Gasteiger partial charge >= 0.3 is 0 Å². The van der Waals surface area contributed by atoms with Gasteiger partial charge in [-0.25, -0.2) is 0 Å². The Morgan fingerprint density at radius 2 is 2.43 bits per heavy atom. The van der Waals surface area contributed by atoms with E-state index in [1.165, 1.54) is 0 Å². The van der Waals surface area contributed by atoms with Crippen LogP contribution in [-0.2, 0) is 4.74 Å². The summed E-state index contributed by atoms with van der Waals surface area (Å²) in [5, 5.41) is 8.21. The molecule has 0 saturated carbocycles. The summed E-state index contributed by atoms with van der Waals surface area (Å²) in [6.07, 6.45) is 0.0671. The summed E-state index contributed by atoms with van der Waals surface area (Å²) in [4.78, 5) is 0. The number of hydrogen-bond donors (Lipinski definition) is 0. The van der Waals surface area contributed by atoms with Crippen LogP contribution < -0.4 is 0 Å². The molecule has 1 aliphatic rings. The Kier molecular flexibility index (Phi) is 0.875. The van der Waals surface area contributed by atoms with Gasteiger partial charge in [0.2, 0.25) is 4.51 Å². The highest BCUT2D eigenvalue weighted by Gasteiger charge is 2.52. The quantitative estimate of drug-likeness (QED) is 0.393. The van der Waals surface area contributed by atoms with Crippen LogP contribution in [0.15, 0.2) is 0 Å². The fraction of sp³-hybridized carbons (Fsp3) is 0.750. The molecule has 1 saturated heterocycles. The standard InChI is InChI=1S/C4H4BrNO/c1-3-4(5,2-6)7-3/h3H,1H3. The maximum Gasteiger partial charge on any atom is 0.236 e. The number of alkyl halides is 1. The van der Waals surface area contributed by atoms with E-state index in [4.69, 9.17) is 10.00 Å². The van der Waals surface area contributed by atoms with Crippen LogP contribution in [0.5, 0.6) is 0 Å². The largest absolute Gasteiger partial charge is 0.340 e. The van der Waals surface area contributed by atoms with Gasteiger partial charge in [0.1, 0.15) is 12.2 Å². The second kappa shape index (κ2) is 1.21. The van der Waals surface area contributed by atoms with Crippen molar-refractivity contribution in [2.24, 2.45) is 0 Å². The lowest BCUT2D eigenvalue weighted by atomic mass is 10.4. The molecule has 1 aliphatic heterocycles. The van der Waals surface area contributed by atoms with E-state index in [9.17, 15) is 0 Å². The molecule has 2 unspecified atom stereocenters. The molecule has 1 heterocycles. The maximum atomic E-state index is 8.21. The average Bonchev–Trinajstić information content (AvgIpc) is 2.18. The van der Waals surface area contributed by atoms with Gasteiger partial charge in [-0.2, -0.15) is 5.26 Å². The van der Waals surface area contributed by atoms with Crippen molar-refractivity contribution in [1.29, 1.82) is 5.26 Å². The molecule has 1 fully saturated rings. The third kappa shape index (κ3) is 0.644. The van der Waals surface area contributed by atoms with Crippen molar-refractivity contribution in [3.8, 4) is 6.07 Å². The van der Waals surface area contributed by atoms with Gasteiger partial charge in [0.15, 0.2) is 0 Å². The summed E-state index contributed by atoms with van der Waals surface area (Å²) in [6.45, 7) is 1.85. The van der Waals surface area contributed by atoms with Gasteiger partial charge in [0, 0.05) is 0 Å². The summed E-state index contributed by atoms with van der Waals surface area (Å²) in [7, 11) is 0. The molecule has 0 N–H and O–H groups in total. The molecule has 0 aromatic rings. The Morgan fingerprint density at radius 3 is 2.43 bits per heavy atom. The molecule has 0 aliphatic carbocycles. The second-order valence-electron chi connectivity index (χ2n) is 1.52. The molecule has 0 spiro atoms. The van der Waals surface area contributed by atoms with Crippen LogP contribution in [0, 0.1) is 11.3 Å². The Balaban J connectivity index is 2.57. The summed E-state index contributed by atoms with van der Waals surface area (Å²) in [5.41, 5.74) is 0. The van der Waals surface area contributed by atoms with E-state index < -0.39 is 4.51 Å². The Labute approximate surface area is 50.2 Å². The Morgan fingerprint density at radius 1 is 2.00 bits per heavy atom. The third-order valence-corrected chi connectivity index (χ3v) is 1.98. The highest BCUT2D eigenvalue weighted by atomic mass is 79.9. The smallest absolute Gasteiger partial charge is 0.236 e. The van der Waals surface area contributed by atoms with Gasteiger partial charge in [-0.15, -0.1) is 0 Å². The number of ether oxygens (including phenoxy) is 1. The molecular weight excluding hydrogens is 158 g/mol. The minimum absolute atomic E-state index is 0.0671. The number of rotatable bonds is 0. The van der Waals surface area contributed by atoms with Crippen LogP contribution in [0.25, 0.3) is 0 Å². The first-order valence-corrected chi connectivity index (χ1v) is 2.76. The number of nitrogens with zero attached hydrogens (tertiary/aromatic N) is 1. The van der Waals surface area contributed by atoms with Crippen LogP contribution in [0.4, 0.5) is 0 Å². The van der Waals surface area contributed by atoms with E-state index in [0.29, 0.717) is 0 Å². The van der Waals surface area contributed by atoms with Crippen LogP contribution >= 0.6 is 15.9 Å². The molecular formula is C4H4BrNO.